The molecule has 1 aromatic carbocycles. The molecule has 0 spiro atoms. The molecule has 102 valence electrons. The van der Waals surface area contributed by atoms with Gasteiger partial charge in [0.1, 0.15) is 5.76 Å². The van der Waals surface area contributed by atoms with Gasteiger partial charge in [-0.05, 0) is 56.1 Å². The van der Waals surface area contributed by atoms with Crippen molar-refractivity contribution in [2.24, 2.45) is 0 Å². The molecule has 1 aromatic heterocycles. The zero-order valence-corrected chi connectivity index (χ0v) is 12.0. The number of halogens is 1. The zero-order valence-electron chi connectivity index (χ0n) is 11.2. The van der Waals surface area contributed by atoms with Crippen molar-refractivity contribution in [3.8, 4) is 0 Å². The number of hydrogen-bond donors (Lipinski definition) is 1. The van der Waals surface area contributed by atoms with Gasteiger partial charge >= 0.3 is 0 Å². The first kappa shape index (κ1) is 14.2. The molecule has 1 atom stereocenters. The fraction of sp³-hybridized carbons (Fsp3) is 0.375. The van der Waals surface area contributed by atoms with Crippen LogP contribution in [0.4, 0.5) is 0 Å². The van der Waals surface area contributed by atoms with Gasteiger partial charge in [0.15, 0.2) is 0 Å². The predicted molar refractivity (Wildman–Crippen MR) is 79.6 cm³/mol. The minimum absolute atomic E-state index is 0.498. The third-order valence-corrected chi connectivity index (χ3v) is 3.48. The highest BCUT2D eigenvalue weighted by molar-refractivity contribution is 6.30. The summed E-state index contributed by atoms with van der Waals surface area (Å²) < 4.78 is 5.33. The van der Waals surface area contributed by atoms with Crippen molar-refractivity contribution in [1.82, 2.24) is 5.32 Å². The van der Waals surface area contributed by atoms with Crippen LogP contribution < -0.4 is 5.32 Å². The van der Waals surface area contributed by atoms with E-state index in [9.17, 15) is 0 Å². The van der Waals surface area contributed by atoms with Crippen molar-refractivity contribution < 1.29 is 4.42 Å². The van der Waals surface area contributed by atoms with Gasteiger partial charge < -0.3 is 9.73 Å². The van der Waals surface area contributed by atoms with E-state index < -0.39 is 0 Å². The van der Waals surface area contributed by atoms with Crippen LogP contribution in [0.15, 0.2) is 47.1 Å². The van der Waals surface area contributed by atoms with Crippen LogP contribution in [0.3, 0.4) is 0 Å². The Morgan fingerprint density at radius 3 is 2.63 bits per heavy atom. The minimum atomic E-state index is 0.498. The van der Waals surface area contributed by atoms with Crippen molar-refractivity contribution in [1.29, 1.82) is 0 Å². The molecule has 0 aliphatic carbocycles. The summed E-state index contributed by atoms with van der Waals surface area (Å²) in [4.78, 5) is 0. The third-order valence-electron chi connectivity index (χ3n) is 3.22. The maximum absolute atomic E-state index is 5.86. The van der Waals surface area contributed by atoms with Crippen molar-refractivity contribution in [3.05, 3.63) is 59.0 Å². The van der Waals surface area contributed by atoms with E-state index in [2.05, 4.69) is 24.4 Å². The first-order valence-corrected chi connectivity index (χ1v) is 7.12. The fourth-order valence-corrected chi connectivity index (χ4v) is 2.16. The summed E-state index contributed by atoms with van der Waals surface area (Å²) in [6.45, 7) is 3.20. The maximum Gasteiger partial charge on any atom is 0.103 e. The van der Waals surface area contributed by atoms with E-state index in [0.29, 0.717) is 6.04 Å². The first-order chi connectivity index (χ1) is 9.24. The third kappa shape index (κ3) is 5.09. The molecular formula is C16H20ClNO. The fourth-order valence-electron chi connectivity index (χ4n) is 2.03. The largest absolute Gasteiger partial charge is 0.469 e. The van der Waals surface area contributed by atoms with E-state index in [1.807, 2.05) is 24.3 Å². The van der Waals surface area contributed by atoms with Gasteiger partial charge in [-0.2, -0.15) is 0 Å². The minimum Gasteiger partial charge on any atom is -0.469 e. The van der Waals surface area contributed by atoms with Gasteiger partial charge in [-0.15, -0.1) is 0 Å². The number of nitrogens with one attached hydrogen (secondary N) is 1. The lowest BCUT2D eigenvalue weighted by molar-refractivity contribution is 0.462. The number of rotatable bonds is 7. The molecule has 2 aromatic rings. The van der Waals surface area contributed by atoms with Gasteiger partial charge in [0, 0.05) is 17.5 Å². The van der Waals surface area contributed by atoms with Crippen molar-refractivity contribution in [2.45, 2.75) is 32.2 Å². The zero-order chi connectivity index (χ0) is 13.5. The first-order valence-electron chi connectivity index (χ1n) is 6.74. The highest BCUT2D eigenvalue weighted by Gasteiger charge is 2.03. The van der Waals surface area contributed by atoms with Gasteiger partial charge in [-0.3, -0.25) is 0 Å². The SMILES string of the molecule is CC(CCc1ccco1)NCCc1ccc(Cl)cc1. The number of hydrogen-bond acceptors (Lipinski definition) is 2. The Bertz CT molecular complexity index is 464. The smallest absolute Gasteiger partial charge is 0.103 e. The van der Waals surface area contributed by atoms with E-state index in [1.165, 1.54) is 5.56 Å². The van der Waals surface area contributed by atoms with Crippen molar-refractivity contribution in [2.75, 3.05) is 6.54 Å². The Balaban J connectivity index is 1.63. The molecule has 0 radical (unpaired) electrons. The van der Waals surface area contributed by atoms with E-state index >= 15 is 0 Å². The van der Waals surface area contributed by atoms with Crippen LogP contribution in [0, 0.1) is 0 Å². The van der Waals surface area contributed by atoms with Crippen molar-refractivity contribution in [3.63, 3.8) is 0 Å². The van der Waals surface area contributed by atoms with Gasteiger partial charge in [-0.1, -0.05) is 23.7 Å². The molecule has 1 unspecified atom stereocenters. The Hall–Kier alpha value is -1.25. The summed E-state index contributed by atoms with van der Waals surface area (Å²) in [5.41, 5.74) is 1.31. The molecule has 0 saturated carbocycles. The molecule has 0 bridgehead atoms. The molecule has 19 heavy (non-hydrogen) atoms. The van der Waals surface area contributed by atoms with Gasteiger partial charge in [0.05, 0.1) is 6.26 Å². The molecular weight excluding hydrogens is 258 g/mol. The summed E-state index contributed by atoms with van der Waals surface area (Å²) in [6, 6.07) is 12.5. The number of furan rings is 1. The number of benzene rings is 1. The van der Waals surface area contributed by atoms with E-state index in [1.54, 1.807) is 6.26 Å². The normalized spacial score (nSPS) is 12.5. The molecule has 0 aliphatic rings. The van der Waals surface area contributed by atoms with E-state index in [-0.39, 0.29) is 0 Å². The lowest BCUT2D eigenvalue weighted by Gasteiger charge is -2.13. The van der Waals surface area contributed by atoms with Crippen LogP contribution in [0.1, 0.15) is 24.7 Å². The summed E-state index contributed by atoms with van der Waals surface area (Å²) in [5, 5.41) is 4.33. The topological polar surface area (TPSA) is 25.2 Å². The molecule has 0 fully saturated rings. The van der Waals surface area contributed by atoms with Crippen LogP contribution in [0.25, 0.3) is 0 Å². The number of aryl methyl sites for hydroxylation is 1. The van der Waals surface area contributed by atoms with Crippen molar-refractivity contribution >= 4 is 11.6 Å². The second kappa shape index (κ2) is 7.37. The monoisotopic (exact) mass is 277 g/mol. The van der Waals surface area contributed by atoms with Crippen LogP contribution in [-0.2, 0) is 12.8 Å². The standard InChI is InChI=1S/C16H20ClNO/c1-13(4-9-16-3-2-12-19-16)18-11-10-14-5-7-15(17)8-6-14/h2-3,5-8,12-13,18H,4,9-11H2,1H3. The second-order valence-electron chi connectivity index (χ2n) is 4.85. The lowest BCUT2D eigenvalue weighted by atomic mass is 10.1. The van der Waals surface area contributed by atoms with E-state index in [0.717, 1.165) is 36.6 Å². The van der Waals surface area contributed by atoms with Gasteiger partial charge in [0.25, 0.3) is 0 Å². The van der Waals surface area contributed by atoms with Gasteiger partial charge in [-0.25, -0.2) is 0 Å². The molecule has 1 N–H and O–H groups in total. The van der Waals surface area contributed by atoms with Crippen LogP contribution in [0.2, 0.25) is 5.02 Å². The summed E-state index contributed by atoms with van der Waals surface area (Å²) in [5.74, 6) is 1.06. The Kier molecular flexibility index (Phi) is 5.49. The van der Waals surface area contributed by atoms with Crippen LogP contribution >= 0.6 is 11.6 Å². The molecule has 2 rings (SSSR count). The summed E-state index contributed by atoms with van der Waals surface area (Å²) in [7, 11) is 0. The quantitative estimate of drug-likeness (QED) is 0.825. The van der Waals surface area contributed by atoms with Gasteiger partial charge in [0.2, 0.25) is 0 Å². The molecule has 2 nitrogen and oxygen atoms in total. The Morgan fingerprint density at radius 1 is 1.16 bits per heavy atom. The molecule has 0 saturated heterocycles. The Labute approximate surface area is 119 Å². The highest BCUT2D eigenvalue weighted by atomic mass is 35.5. The summed E-state index contributed by atoms with van der Waals surface area (Å²) in [6.07, 6.45) is 4.84. The predicted octanol–water partition coefficient (Wildman–Crippen LogP) is 4.09. The van der Waals surface area contributed by atoms with E-state index in [4.69, 9.17) is 16.0 Å². The summed E-state index contributed by atoms with van der Waals surface area (Å²) >= 11 is 5.86. The molecule has 0 amide bonds. The lowest BCUT2D eigenvalue weighted by Crippen LogP contribution is -2.28. The molecule has 0 aliphatic heterocycles. The average Bonchev–Trinajstić information content (AvgIpc) is 2.92. The maximum atomic E-state index is 5.86. The average molecular weight is 278 g/mol. The second-order valence-corrected chi connectivity index (χ2v) is 5.29. The Morgan fingerprint density at radius 2 is 1.95 bits per heavy atom. The molecule has 3 heteroatoms. The molecule has 1 heterocycles. The van der Waals surface area contributed by atoms with Crippen LogP contribution in [0.5, 0.6) is 0 Å². The van der Waals surface area contributed by atoms with Crippen LogP contribution in [-0.4, -0.2) is 12.6 Å². The highest BCUT2D eigenvalue weighted by Crippen LogP contribution is 2.10.